The van der Waals surface area contributed by atoms with E-state index in [-0.39, 0.29) is 0 Å². The van der Waals surface area contributed by atoms with Crippen LogP contribution in [0.4, 0.5) is 0 Å². The van der Waals surface area contributed by atoms with Crippen LogP contribution in [0.2, 0.25) is 0 Å². The first-order valence-electron chi connectivity index (χ1n) is 4.65. The van der Waals surface area contributed by atoms with Gasteiger partial charge in [0, 0.05) is 0 Å². The maximum Gasteiger partial charge on any atom is 0.234 e. The van der Waals surface area contributed by atoms with Crippen LogP contribution < -0.4 is 5.73 Å². The second-order valence-electron chi connectivity index (χ2n) is 2.88. The number of unbranched alkanes of at least 4 members (excludes halogenated alkanes) is 5. The molecule has 0 fully saturated rings. The van der Waals surface area contributed by atoms with E-state index in [1.165, 1.54) is 25.3 Å². The average Bonchev–Trinajstić information content (AvgIpc) is 2.10. The van der Waals surface area contributed by atoms with Crippen molar-refractivity contribution in [1.82, 2.24) is 0 Å². The minimum Gasteiger partial charge on any atom is -0.330 e. The molecular weight excluding hydrogens is 152 g/mol. The van der Waals surface area contributed by atoms with Gasteiger partial charge in [-0.3, -0.25) is 0 Å². The Labute approximate surface area is 74.1 Å². The molecule has 0 unspecified atom stereocenters. The van der Waals surface area contributed by atoms with Crippen molar-refractivity contribution in [2.45, 2.75) is 38.5 Å². The summed E-state index contributed by atoms with van der Waals surface area (Å²) in [5.41, 5.74) is 5.35. The van der Waals surface area contributed by atoms with E-state index in [2.05, 4.69) is 4.99 Å². The zero-order valence-corrected chi connectivity index (χ0v) is 7.59. The topological polar surface area (TPSA) is 55.4 Å². The lowest BCUT2D eigenvalue weighted by Gasteiger charge is -1.97. The molecule has 0 saturated heterocycles. The number of hydrogen-bond donors (Lipinski definition) is 1. The maximum atomic E-state index is 9.67. The first-order chi connectivity index (χ1) is 5.91. The summed E-state index contributed by atoms with van der Waals surface area (Å²) >= 11 is 0. The highest BCUT2D eigenvalue weighted by molar-refractivity contribution is 5.32. The average molecular weight is 170 g/mol. The molecule has 0 heterocycles. The summed E-state index contributed by atoms with van der Waals surface area (Å²) in [4.78, 5) is 13.2. The molecule has 3 heteroatoms. The zero-order chi connectivity index (χ0) is 9.07. The molecule has 0 spiro atoms. The monoisotopic (exact) mass is 170 g/mol. The van der Waals surface area contributed by atoms with E-state index in [1.54, 1.807) is 0 Å². The van der Waals surface area contributed by atoms with Crippen molar-refractivity contribution in [2.24, 2.45) is 10.7 Å². The second kappa shape index (κ2) is 10.3. The molecule has 2 N–H and O–H groups in total. The van der Waals surface area contributed by atoms with E-state index >= 15 is 0 Å². The van der Waals surface area contributed by atoms with E-state index in [0.29, 0.717) is 6.54 Å². The minimum absolute atomic E-state index is 0.639. The van der Waals surface area contributed by atoms with Crippen molar-refractivity contribution in [3.05, 3.63) is 0 Å². The Morgan fingerprint density at radius 1 is 1.00 bits per heavy atom. The van der Waals surface area contributed by atoms with Crippen molar-refractivity contribution >= 4 is 6.08 Å². The number of nitrogens with two attached hydrogens (primary N) is 1. The molecule has 0 aliphatic heterocycles. The summed E-state index contributed by atoms with van der Waals surface area (Å²) in [5.74, 6) is 0. The van der Waals surface area contributed by atoms with Gasteiger partial charge in [-0.1, -0.05) is 25.7 Å². The fraction of sp³-hybridized carbons (Fsp3) is 0.889. The molecule has 0 aromatic heterocycles. The first-order valence-corrected chi connectivity index (χ1v) is 4.65. The van der Waals surface area contributed by atoms with E-state index in [1.807, 2.05) is 0 Å². The third kappa shape index (κ3) is 9.34. The Kier molecular flexibility index (Phi) is 9.77. The van der Waals surface area contributed by atoms with Gasteiger partial charge in [0.2, 0.25) is 6.08 Å². The molecule has 0 aromatic rings. The van der Waals surface area contributed by atoms with Crippen LogP contribution in [-0.4, -0.2) is 19.2 Å². The lowest BCUT2D eigenvalue weighted by molar-refractivity contribution is 0.559. The molecule has 0 radical (unpaired) electrons. The molecule has 0 aliphatic rings. The van der Waals surface area contributed by atoms with Crippen molar-refractivity contribution in [1.29, 1.82) is 0 Å². The molecule has 12 heavy (non-hydrogen) atoms. The van der Waals surface area contributed by atoms with Gasteiger partial charge in [-0.25, -0.2) is 9.79 Å². The Bertz CT molecular complexity index is 130. The fourth-order valence-corrected chi connectivity index (χ4v) is 1.09. The lowest BCUT2D eigenvalue weighted by Crippen LogP contribution is -1.97. The molecule has 0 amide bonds. The van der Waals surface area contributed by atoms with Gasteiger partial charge in [0.05, 0.1) is 6.54 Å². The summed E-state index contributed by atoms with van der Waals surface area (Å²) in [6.45, 7) is 1.44. The Hall–Kier alpha value is -0.660. The van der Waals surface area contributed by atoms with Gasteiger partial charge in [-0.2, -0.15) is 0 Å². The van der Waals surface area contributed by atoms with Crippen LogP contribution in [0.3, 0.4) is 0 Å². The van der Waals surface area contributed by atoms with Crippen LogP contribution in [0.15, 0.2) is 4.99 Å². The molecule has 0 rings (SSSR count). The minimum atomic E-state index is 0.639. The Morgan fingerprint density at radius 3 is 2.17 bits per heavy atom. The van der Waals surface area contributed by atoms with E-state index in [0.717, 1.165) is 25.8 Å². The van der Waals surface area contributed by atoms with Crippen LogP contribution in [0.5, 0.6) is 0 Å². The van der Waals surface area contributed by atoms with Crippen LogP contribution in [0.25, 0.3) is 0 Å². The first kappa shape index (κ1) is 11.3. The van der Waals surface area contributed by atoms with Crippen molar-refractivity contribution in [3.63, 3.8) is 0 Å². The van der Waals surface area contributed by atoms with Gasteiger partial charge in [-0.15, -0.1) is 0 Å². The predicted octanol–water partition coefficient (Wildman–Crippen LogP) is 1.62. The van der Waals surface area contributed by atoms with Crippen LogP contribution in [-0.2, 0) is 4.79 Å². The van der Waals surface area contributed by atoms with Crippen LogP contribution >= 0.6 is 0 Å². The van der Waals surface area contributed by atoms with Crippen molar-refractivity contribution in [2.75, 3.05) is 13.1 Å². The molecule has 0 bridgehead atoms. The highest BCUT2D eigenvalue weighted by atomic mass is 16.1. The molecule has 3 nitrogen and oxygen atoms in total. The van der Waals surface area contributed by atoms with Gasteiger partial charge in [0.25, 0.3) is 0 Å². The summed E-state index contributed by atoms with van der Waals surface area (Å²) < 4.78 is 0. The summed E-state index contributed by atoms with van der Waals surface area (Å²) in [5, 5.41) is 0. The van der Waals surface area contributed by atoms with Gasteiger partial charge >= 0.3 is 0 Å². The Morgan fingerprint density at radius 2 is 1.58 bits per heavy atom. The number of rotatable bonds is 8. The van der Waals surface area contributed by atoms with Gasteiger partial charge < -0.3 is 5.73 Å². The highest BCUT2D eigenvalue weighted by Gasteiger charge is 1.89. The van der Waals surface area contributed by atoms with Crippen molar-refractivity contribution < 1.29 is 4.79 Å². The third-order valence-electron chi connectivity index (χ3n) is 1.79. The van der Waals surface area contributed by atoms with E-state index < -0.39 is 0 Å². The van der Waals surface area contributed by atoms with E-state index in [9.17, 15) is 4.79 Å². The summed E-state index contributed by atoms with van der Waals surface area (Å²) in [6, 6.07) is 0. The predicted molar refractivity (Wildman–Crippen MR) is 49.7 cm³/mol. The quantitative estimate of drug-likeness (QED) is 0.342. The van der Waals surface area contributed by atoms with Crippen LogP contribution in [0.1, 0.15) is 38.5 Å². The number of carbonyl (C=O) groups excluding carboxylic acids is 1. The normalized spacial score (nSPS) is 9.42. The summed E-state index contributed by atoms with van der Waals surface area (Å²) in [6.07, 6.45) is 8.56. The SMILES string of the molecule is NCCCCCCCCN=C=O. The number of hydrogen-bond acceptors (Lipinski definition) is 3. The second-order valence-corrected chi connectivity index (χ2v) is 2.88. The number of isocyanates is 1. The largest absolute Gasteiger partial charge is 0.330 e. The fourth-order valence-electron chi connectivity index (χ4n) is 1.09. The number of aliphatic imine (C=N–C) groups is 1. The maximum absolute atomic E-state index is 9.67. The van der Waals surface area contributed by atoms with Gasteiger partial charge in [0.15, 0.2) is 0 Å². The third-order valence-corrected chi connectivity index (χ3v) is 1.79. The van der Waals surface area contributed by atoms with Crippen LogP contribution in [0, 0.1) is 0 Å². The smallest absolute Gasteiger partial charge is 0.234 e. The van der Waals surface area contributed by atoms with E-state index in [4.69, 9.17) is 5.73 Å². The van der Waals surface area contributed by atoms with Crippen molar-refractivity contribution in [3.8, 4) is 0 Å². The standard InChI is InChI=1S/C9H18N2O/c10-7-5-3-1-2-4-6-8-11-9-12/h1-8,10H2. The highest BCUT2D eigenvalue weighted by Crippen LogP contribution is 2.04. The molecule has 0 atom stereocenters. The lowest BCUT2D eigenvalue weighted by atomic mass is 10.1. The zero-order valence-electron chi connectivity index (χ0n) is 7.59. The Balaban J connectivity index is 2.86. The summed E-state index contributed by atoms with van der Waals surface area (Å²) in [7, 11) is 0. The van der Waals surface area contributed by atoms with Gasteiger partial charge in [-0.05, 0) is 19.4 Å². The molecule has 0 saturated carbocycles. The molecule has 0 aliphatic carbocycles. The molecule has 70 valence electrons. The number of nitrogens with zero attached hydrogens (tertiary/aromatic N) is 1. The van der Waals surface area contributed by atoms with Gasteiger partial charge in [0.1, 0.15) is 0 Å². The molecule has 0 aromatic carbocycles. The molecular formula is C9H18N2O.